The van der Waals surface area contributed by atoms with Crippen molar-refractivity contribution in [1.29, 1.82) is 0 Å². The van der Waals surface area contributed by atoms with Crippen molar-refractivity contribution in [3.63, 3.8) is 0 Å². The number of allylic oxidation sites excluding steroid dienone is 10. The summed E-state index contributed by atoms with van der Waals surface area (Å²) in [4.78, 5) is 51.2. The Balaban J connectivity index is 2.69. The smallest absolute Gasteiger partial charge is 0.335 e. The van der Waals surface area contributed by atoms with Gasteiger partial charge >= 0.3 is 23.9 Å². The lowest BCUT2D eigenvalue weighted by Crippen LogP contribution is -2.61. The van der Waals surface area contributed by atoms with Gasteiger partial charge < -0.3 is 39.0 Å². The molecule has 1 rings (SSSR count). The summed E-state index contributed by atoms with van der Waals surface area (Å²) < 4.78 is 28.5. The largest absolute Gasteiger partial charge is 0.479 e. The summed E-state index contributed by atoms with van der Waals surface area (Å²) in [6.45, 7) is 5.93. The average Bonchev–Trinajstić information content (AvgIpc) is 3.42. The molecule has 0 aromatic heterocycles. The molecule has 0 aliphatic carbocycles. The van der Waals surface area contributed by atoms with E-state index in [1.807, 2.05) is 0 Å². The first-order chi connectivity index (χ1) is 37.6. The Kier molecular flexibility index (Phi) is 49.2. The average molecular weight is 1090 g/mol. The Bertz CT molecular complexity index is 1570. The van der Waals surface area contributed by atoms with Gasteiger partial charge in [0.05, 0.1) is 6.61 Å². The zero-order valence-corrected chi connectivity index (χ0v) is 49.0. The molecular weight excluding hydrogens is 973 g/mol. The highest BCUT2D eigenvalue weighted by molar-refractivity contribution is 5.74. The minimum Gasteiger partial charge on any atom is -0.479 e. The molecule has 1 fully saturated rings. The lowest BCUT2D eigenvalue weighted by atomic mass is 9.98. The summed E-state index contributed by atoms with van der Waals surface area (Å²) in [5, 5.41) is 31.5. The number of hydrogen-bond acceptors (Lipinski definition) is 11. The number of aliphatic hydroxyl groups is 2. The van der Waals surface area contributed by atoms with E-state index in [1.165, 1.54) is 96.3 Å². The van der Waals surface area contributed by atoms with Crippen molar-refractivity contribution in [2.24, 2.45) is 0 Å². The Morgan fingerprint density at radius 3 is 1.21 bits per heavy atom. The normalized spacial score (nSPS) is 18.4. The van der Waals surface area contributed by atoms with Crippen LogP contribution in [0.15, 0.2) is 60.8 Å². The highest BCUT2D eigenvalue weighted by Crippen LogP contribution is 2.26. The molecule has 1 aliphatic heterocycles. The van der Waals surface area contributed by atoms with E-state index in [1.54, 1.807) is 0 Å². The Hall–Kier alpha value is -3.58. The van der Waals surface area contributed by atoms with Crippen LogP contribution in [0.1, 0.15) is 278 Å². The van der Waals surface area contributed by atoms with E-state index in [0.29, 0.717) is 19.3 Å². The Morgan fingerprint density at radius 1 is 0.429 bits per heavy atom. The van der Waals surface area contributed by atoms with Gasteiger partial charge in [0.2, 0.25) is 0 Å². The first-order valence-corrected chi connectivity index (χ1v) is 31.3. The van der Waals surface area contributed by atoms with E-state index in [0.717, 1.165) is 122 Å². The van der Waals surface area contributed by atoms with E-state index >= 15 is 0 Å². The molecule has 444 valence electrons. The molecule has 6 atom stereocenters. The molecule has 1 saturated heterocycles. The summed E-state index contributed by atoms with van der Waals surface area (Å²) in [5.74, 6) is -3.15. The maximum absolute atomic E-state index is 13.2. The molecule has 6 unspecified atom stereocenters. The molecule has 12 nitrogen and oxygen atoms in total. The zero-order valence-electron chi connectivity index (χ0n) is 49.0. The number of hydrogen-bond donors (Lipinski definition) is 3. The standard InChI is InChI=1S/C65H112O12/c1-4-7-10-13-16-19-22-25-28-29-32-33-36-39-42-45-48-51-57(66)73-54-56(75-58(67)52-49-46-43-40-37-34-30-26-23-20-17-14-11-8-5-2)55-74-65-63(61(70)60(69)62(77-65)64(71)72)76-59(68)53-50-47-44-41-38-35-31-27-24-21-18-15-12-9-6-3/h16-17,19-20,25-28,30-31,56,60-63,65,69-70H,4-15,18,21-24,29,32-55H2,1-3H3,(H,71,72)/b19-16-,20-17-,28-25-,30-26-,31-27-. The Labute approximate surface area is 468 Å². The maximum Gasteiger partial charge on any atom is 0.335 e. The van der Waals surface area contributed by atoms with E-state index in [-0.39, 0.29) is 25.9 Å². The third-order valence-corrected chi connectivity index (χ3v) is 14.0. The number of aliphatic carboxylic acids is 1. The summed E-state index contributed by atoms with van der Waals surface area (Å²) in [5.41, 5.74) is 0. The van der Waals surface area contributed by atoms with Gasteiger partial charge in [0.1, 0.15) is 18.8 Å². The van der Waals surface area contributed by atoms with Crippen molar-refractivity contribution in [3.05, 3.63) is 60.8 Å². The zero-order chi connectivity index (χ0) is 56.1. The van der Waals surface area contributed by atoms with Crippen LogP contribution in [-0.4, -0.2) is 89.2 Å². The molecule has 0 radical (unpaired) electrons. The molecule has 1 aliphatic rings. The van der Waals surface area contributed by atoms with Gasteiger partial charge in [0, 0.05) is 19.3 Å². The molecule has 0 spiro atoms. The van der Waals surface area contributed by atoms with Crippen LogP contribution in [0.3, 0.4) is 0 Å². The molecule has 0 aromatic rings. The van der Waals surface area contributed by atoms with Crippen LogP contribution in [0.25, 0.3) is 0 Å². The molecular formula is C65H112O12. The van der Waals surface area contributed by atoms with Crippen LogP contribution in [0.2, 0.25) is 0 Å². The number of ether oxygens (including phenoxy) is 5. The molecule has 12 heteroatoms. The van der Waals surface area contributed by atoms with Crippen molar-refractivity contribution in [1.82, 2.24) is 0 Å². The third kappa shape index (κ3) is 43.0. The number of carboxylic acids is 1. The van der Waals surface area contributed by atoms with Crippen LogP contribution in [0.5, 0.6) is 0 Å². The molecule has 0 bridgehead atoms. The van der Waals surface area contributed by atoms with Crippen molar-refractivity contribution in [2.75, 3.05) is 13.2 Å². The lowest BCUT2D eigenvalue weighted by Gasteiger charge is -2.40. The third-order valence-electron chi connectivity index (χ3n) is 14.0. The van der Waals surface area contributed by atoms with Crippen molar-refractivity contribution in [2.45, 2.75) is 314 Å². The number of aliphatic hydroxyl groups excluding tert-OH is 2. The second kappa shape index (κ2) is 53.1. The maximum atomic E-state index is 13.2. The number of carbonyl (C=O) groups excluding carboxylic acids is 3. The molecule has 1 heterocycles. The van der Waals surface area contributed by atoms with Gasteiger partial charge in [-0.05, 0) is 109 Å². The van der Waals surface area contributed by atoms with Gasteiger partial charge in [-0.1, -0.05) is 210 Å². The fourth-order valence-corrected chi connectivity index (χ4v) is 9.19. The van der Waals surface area contributed by atoms with Crippen molar-refractivity contribution < 1.29 is 58.2 Å². The minimum atomic E-state index is -1.91. The predicted octanol–water partition coefficient (Wildman–Crippen LogP) is 16.3. The number of esters is 3. The van der Waals surface area contributed by atoms with Gasteiger partial charge in [0.15, 0.2) is 24.6 Å². The number of carboxylic acid groups (broad SMARTS) is 1. The van der Waals surface area contributed by atoms with Crippen molar-refractivity contribution in [3.8, 4) is 0 Å². The first kappa shape index (κ1) is 71.4. The number of rotatable bonds is 53. The SMILES string of the molecule is CCCCC/C=C\C/C=C\CCCCCCCCCC(=O)OCC(COC1OC(C(=O)O)C(O)C(O)C1OC(=O)CCCCCCC/C=C\CCCCCCCC)OC(=O)CCCCCCC/C=C\C/C=C\CCCCC. The van der Waals surface area contributed by atoms with Crippen molar-refractivity contribution >= 4 is 23.9 Å². The highest BCUT2D eigenvalue weighted by Gasteiger charge is 2.50. The van der Waals surface area contributed by atoms with E-state index in [4.69, 9.17) is 23.7 Å². The Morgan fingerprint density at radius 2 is 0.779 bits per heavy atom. The summed E-state index contributed by atoms with van der Waals surface area (Å²) in [7, 11) is 0. The molecule has 0 aromatic carbocycles. The van der Waals surface area contributed by atoms with E-state index < -0.39 is 67.3 Å². The molecule has 3 N–H and O–H groups in total. The van der Waals surface area contributed by atoms with Gasteiger partial charge in [-0.2, -0.15) is 0 Å². The number of carbonyl (C=O) groups is 4. The lowest BCUT2D eigenvalue weighted by molar-refractivity contribution is -0.301. The van der Waals surface area contributed by atoms with Crippen LogP contribution in [0, 0.1) is 0 Å². The monoisotopic (exact) mass is 1080 g/mol. The van der Waals surface area contributed by atoms with E-state index in [2.05, 4.69) is 81.5 Å². The number of unbranched alkanes of at least 4 members (excludes halogenated alkanes) is 29. The fourth-order valence-electron chi connectivity index (χ4n) is 9.19. The predicted molar refractivity (Wildman–Crippen MR) is 312 cm³/mol. The van der Waals surface area contributed by atoms with Crippen LogP contribution >= 0.6 is 0 Å². The van der Waals surface area contributed by atoms with Gasteiger partial charge in [-0.3, -0.25) is 14.4 Å². The van der Waals surface area contributed by atoms with Gasteiger partial charge in [-0.15, -0.1) is 0 Å². The minimum absolute atomic E-state index is 0.0481. The summed E-state index contributed by atoms with van der Waals surface area (Å²) in [6.07, 6.45) is 53.2. The van der Waals surface area contributed by atoms with Gasteiger partial charge in [-0.25, -0.2) is 4.79 Å². The summed E-state index contributed by atoms with van der Waals surface area (Å²) in [6, 6.07) is 0. The molecule has 77 heavy (non-hydrogen) atoms. The molecule has 0 amide bonds. The van der Waals surface area contributed by atoms with Crippen LogP contribution in [-0.2, 0) is 42.9 Å². The molecule has 0 saturated carbocycles. The highest BCUT2D eigenvalue weighted by atomic mass is 16.7. The summed E-state index contributed by atoms with van der Waals surface area (Å²) >= 11 is 0. The quantitative estimate of drug-likeness (QED) is 0.0228. The second-order valence-corrected chi connectivity index (χ2v) is 21.3. The van der Waals surface area contributed by atoms with Gasteiger partial charge in [0.25, 0.3) is 0 Å². The van der Waals surface area contributed by atoms with E-state index in [9.17, 15) is 34.5 Å². The van der Waals surface area contributed by atoms with Crippen LogP contribution in [0.4, 0.5) is 0 Å². The first-order valence-electron chi connectivity index (χ1n) is 31.3. The topological polar surface area (TPSA) is 175 Å². The second-order valence-electron chi connectivity index (χ2n) is 21.3. The van der Waals surface area contributed by atoms with Crippen LogP contribution < -0.4 is 0 Å². The fraction of sp³-hybridized carbons (Fsp3) is 0.785.